The third-order valence-electron chi connectivity index (χ3n) is 2.81. The van der Waals surface area contributed by atoms with Crippen molar-refractivity contribution >= 4 is 0 Å². The molecule has 58 valence electrons. The van der Waals surface area contributed by atoms with Crippen LogP contribution in [0.1, 0.15) is 12.8 Å². The fourth-order valence-electron chi connectivity index (χ4n) is 1.96. The molecular weight excluding hydrogens is 129 g/mol. The summed E-state index contributed by atoms with van der Waals surface area (Å²) in [7, 11) is 2.01. The Morgan fingerprint density at radius 1 is 1.50 bits per heavy atom. The Morgan fingerprint density at radius 3 is 3.10 bits per heavy atom. The second-order valence-electron chi connectivity index (χ2n) is 3.73. The fourth-order valence-corrected chi connectivity index (χ4v) is 1.96. The van der Waals surface area contributed by atoms with Crippen LogP contribution in [-0.4, -0.2) is 31.2 Å². The molecule has 0 spiro atoms. The van der Waals surface area contributed by atoms with Crippen LogP contribution in [0.2, 0.25) is 0 Å². The van der Waals surface area contributed by atoms with Crippen molar-refractivity contribution in [2.24, 2.45) is 11.8 Å². The van der Waals surface area contributed by atoms with E-state index in [0.717, 1.165) is 18.9 Å². The van der Waals surface area contributed by atoms with Gasteiger partial charge in [0.1, 0.15) is 6.17 Å². The second kappa shape index (κ2) is 2.19. The third kappa shape index (κ3) is 1.05. The maximum absolute atomic E-state index is 13.1. The molecule has 0 N–H and O–H groups in total. The lowest BCUT2D eigenvalue weighted by atomic mass is 10.2. The van der Waals surface area contributed by atoms with Crippen LogP contribution in [0, 0.1) is 11.8 Å². The van der Waals surface area contributed by atoms with Crippen LogP contribution in [0.4, 0.5) is 4.39 Å². The summed E-state index contributed by atoms with van der Waals surface area (Å²) in [6, 6.07) is 0. The molecule has 2 rings (SSSR count). The average molecular weight is 143 g/mol. The predicted molar refractivity (Wildman–Crippen MR) is 38.6 cm³/mol. The molecule has 1 unspecified atom stereocenters. The molecule has 1 saturated heterocycles. The maximum Gasteiger partial charge on any atom is 0.116 e. The van der Waals surface area contributed by atoms with E-state index < -0.39 is 6.17 Å². The molecule has 0 bridgehead atoms. The van der Waals surface area contributed by atoms with Crippen molar-refractivity contribution in [2.75, 3.05) is 20.1 Å². The molecule has 1 aliphatic heterocycles. The zero-order chi connectivity index (χ0) is 7.14. The van der Waals surface area contributed by atoms with Gasteiger partial charge in [0.15, 0.2) is 0 Å². The Hall–Kier alpha value is -0.110. The van der Waals surface area contributed by atoms with Crippen molar-refractivity contribution in [2.45, 2.75) is 19.0 Å². The first-order valence-corrected chi connectivity index (χ1v) is 4.10. The first-order chi connectivity index (χ1) is 4.77. The highest BCUT2D eigenvalue weighted by molar-refractivity contribution is 4.95. The zero-order valence-corrected chi connectivity index (χ0v) is 6.39. The summed E-state index contributed by atoms with van der Waals surface area (Å²) in [5, 5.41) is 0. The van der Waals surface area contributed by atoms with Gasteiger partial charge in [-0.2, -0.15) is 0 Å². The van der Waals surface area contributed by atoms with Gasteiger partial charge < -0.3 is 4.90 Å². The van der Waals surface area contributed by atoms with E-state index in [1.54, 1.807) is 0 Å². The summed E-state index contributed by atoms with van der Waals surface area (Å²) in [5.41, 5.74) is 0. The van der Waals surface area contributed by atoms with Gasteiger partial charge in [0.05, 0.1) is 0 Å². The average Bonchev–Trinajstić information content (AvgIpc) is 2.59. The number of nitrogens with zero attached hydrogens (tertiary/aromatic N) is 1. The summed E-state index contributed by atoms with van der Waals surface area (Å²) in [5.74, 6) is 1.17. The minimum absolute atomic E-state index is 0.435. The minimum atomic E-state index is -0.530. The molecule has 0 aromatic heterocycles. The normalized spacial score (nSPS) is 48.0. The molecule has 2 aliphatic rings. The lowest BCUT2D eigenvalue weighted by Crippen LogP contribution is -2.26. The Labute approximate surface area is 61.2 Å². The summed E-state index contributed by atoms with van der Waals surface area (Å²) in [4.78, 5) is 2.11. The Kier molecular flexibility index (Phi) is 1.44. The second-order valence-corrected chi connectivity index (χ2v) is 3.73. The summed E-state index contributed by atoms with van der Waals surface area (Å²) in [6.45, 7) is 1.77. The van der Waals surface area contributed by atoms with Crippen molar-refractivity contribution in [1.29, 1.82) is 0 Å². The lowest BCUT2D eigenvalue weighted by molar-refractivity contribution is 0.216. The van der Waals surface area contributed by atoms with E-state index in [0.29, 0.717) is 12.5 Å². The first-order valence-electron chi connectivity index (χ1n) is 4.10. The molecule has 1 heterocycles. The Balaban J connectivity index is 1.97. The monoisotopic (exact) mass is 143 g/mol. The van der Waals surface area contributed by atoms with Gasteiger partial charge >= 0.3 is 0 Å². The molecule has 3 atom stereocenters. The standard InChI is InChI=1S/C8H14FN/c1-10-3-2-6-4-7(6)8(9)5-10/h6-8H,2-5H2,1H3/t6?,7-,8-/m1/s1. The highest BCUT2D eigenvalue weighted by Gasteiger charge is 2.44. The van der Waals surface area contributed by atoms with Gasteiger partial charge in [-0.3, -0.25) is 0 Å². The Bertz CT molecular complexity index is 135. The number of rotatable bonds is 0. The van der Waals surface area contributed by atoms with E-state index >= 15 is 0 Å². The molecule has 0 aromatic carbocycles. The number of fused-ring (bicyclic) bond motifs is 1. The smallest absolute Gasteiger partial charge is 0.116 e. The molecule has 0 aromatic rings. The Morgan fingerprint density at radius 2 is 2.30 bits per heavy atom. The van der Waals surface area contributed by atoms with E-state index in [-0.39, 0.29) is 0 Å². The van der Waals surface area contributed by atoms with Crippen LogP contribution >= 0.6 is 0 Å². The number of likely N-dealkylation sites (tertiary alicyclic amines) is 1. The number of halogens is 1. The van der Waals surface area contributed by atoms with Crippen LogP contribution in [0.15, 0.2) is 0 Å². The van der Waals surface area contributed by atoms with Gasteiger partial charge in [0.25, 0.3) is 0 Å². The van der Waals surface area contributed by atoms with Crippen LogP contribution in [0.3, 0.4) is 0 Å². The van der Waals surface area contributed by atoms with Gasteiger partial charge in [-0.25, -0.2) is 4.39 Å². The van der Waals surface area contributed by atoms with Crippen molar-refractivity contribution < 1.29 is 4.39 Å². The van der Waals surface area contributed by atoms with E-state index in [2.05, 4.69) is 4.90 Å². The van der Waals surface area contributed by atoms with Gasteiger partial charge in [0.2, 0.25) is 0 Å². The van der Waals surface area contributed by atoms with Crippen molar-refractivity contribution in [1.82, 2.24) is 4.90 Å². The van der Waals surface area contributed by atoms with E-state index in [1.165, 1.54) is 6.42 Å². The molecular formula is C8H14FN. The molecule has 10 heavy (non-hydrogen) atoms. The van der Waals surface area contributed by atoms with Crippen LogP contribution in [0.25, 0.3) is 0 Å². The highest BCUT2D eigenvalue weighted by Crippen LogP contribution is 2.46. The molecule has 2 fully saturated rings. The third-order valence-corrected chi connectivity index (χ3v) is 2.81. The summed E-state index contributed by atoms with van der Waals surface area (Å²) >= 11 is 0. The molecule has 0 amide bonds. The molecule has 1 nitrogen and oxygen atoms in total. The van der Waals surface area contributed by atoms with E-state index in [9.17, 15) is 4.39 Å². The largest absolute Gasteiger partial charge is 0.303 e. The quantitative estimate of drug-likeness (QED) is 0.494. The van der Waals surface area contributed by atoms with Crippen molar-refractivity contribution in [3.63, 3.8) is 0 Å². The number of alkyl halides is 1. The number of hydrogen-bond donors (Lipinski definition) is 0. The molecule has 1 saturated carbocycles. The van der Waals surface area contributed by atoms with Gasteiger partial charge in [-0.05, 0) is 38.3 Å². The topological polar surface area (TPSA) is 3.24 Å². The summed E-state index contributed by atoms with van der Waals surface area (Å²) < 4.78 is 13.1. The van der Waals surface area contributed by atoms with Crippen LogP contribution in [-0.2, 0) is 0 Å². The molecule has 0 radical (unpaired) electrons. The predicted octanol–water partition coefficient (Wildman–Crippen LogP) is 1.30. The molecule has 1 aliphatic carbocycles. The minimum Gasteiger partial charge on any atom is -0.303 e. The van der Waals surface area contributed by atoms with Crippen LogP contribution < -0.4 is 0 Å². The maximum atomic E-state index is 13.1. The first kappa shape index (κ1) is 6.59. The highest BCUT2D eigenvalue weighted by atomic mass is 19.1. The van der Waals surface area contributed by atoms with Crippen molar-refractivity contribution in [3.05, 3.63) is 0 Å². The molecule has 2 heteroatoms. The van der Waals surface area contributed by atoms with Gasteiger partial charge in [-0.15, -0.1) is 0 Å². The lowest BCUT2D eigenvalue weighted by Gasteiger charge is -2.15. The van der Waals surface area contributed by atoms with Gasteiger partial charge in [-0.1, -0.05) is 0 Å². The van der Waals surface area contributed by atoms with Crippen molar-refractivity contribution in [3.8, 4) is 0 Å². The zero-order valence-electron chi connectivity index (χ0n) is 6.39. The SMILES string of the molecule is CN1CCC2C[C@H]2[C@H](F)C1. The number of hydrogen-bond acceptors (Lipinski definition) is 1. The van der Waals surface area contributed by atoms with E-state index in [4.69, 9.17) is 0 Å². The fraction of sp³-hybridized carbons (Fsp3) is 1.00. The summed E-state index contributed by atoms with van der Waals surface area (Å²) in [6.07, 6.45) is 1.86. The van der Waals surface area contributed by atoms with E-state index in [1.807, 2.05) is 7.05 Å². The van der Waals surface area contributed by atoms with Crippen LogP contribution in [0.5, 0.6) is 0 Å². The van der Waals surface area contributed by atoms with Gasteiger partial charge in [0, 0.05) is 6.54 Å².